The number of benzene rings is 7. The van der Waals surface area contributed by atoms with Gasteiger partial charge in [-0.1, -0.05) is 123 Å². The molecular formula is C41H32N2. The molecule has 0 saturated heterocycles. The van der Waals surface area contributed by atoms with E-state index in [0.717, 1.165) is 36.1 Å². The van der Waals surface area contributed by atoms with Crippen molar-refractivity contribution in [3.05, 3.63) is 145 Å². The summed E-state index contributed by atoms with van der Waals surface area (Å²) < 4.78 is 2.34. The van der Waals surface area contributed by atoms with E-state index in [9.17, 15) is 0 Å². The van der Waals surface area contributed by atoms with E-state index in [0.29, 0.717) is 0 Å². The molecular weight excluding hydrogens is 520 g/mol. The minimum atomic E-state index is 0.960. The zero-order chi connectivity index (χ0) is 28.8. The lowest BCUT2D eigenvalue weighted by Crippen LogP contribution is -2.01. The lowest BCUT2D eigenvalue weighted by Gasteiger charge is -2.18. The summed E-state index contributed by atoms with van der Waals surface area (Å²) in [5.41, 5.74) is 8.36. The maximum absolute atomic E-state index is 5.23. The maximum atomic E-state index is 5.23. The first kappa shape index (κ1) is 25.5. The molecule has 1 heterocycles. The average molecular weight is 553 g/mol. The highest BCUT2D eigenvalue weighted by molar-refractivity contribution is 6.22. The van der Waals surface area contributed by atoms with E-state index in [1.54, 1.807) is 0 Å². The van der Waals surface area contributed by atoms with Crippen LogP contribution in [0.1, 0.15) is 25.6 Å². The van der Waals surface area contributed by atoms with Crippen molar-refractivity contribution in [1.82, 2.24) is 9.55 Å². The Labute approximate surface area is 251 Å². The van der Waals surface area contributed by atoms with Crippen LogP contribution in [0.25, 0.3) is 71.3 Å². The highest BCUT2D eigenvalue weighted by Crippen LogP contribution is 2.44. The second-order valence-corrected chi connectivity index (χ2v) is 11.4. The summed E-state index contributed by atoms with van der Waals surface area (Å²) in [5, 5.41) is 7.58. The minimum Gasteiger partial charge on any atom is -0.296 e. The summed E-state index contributed by atoms with van der Waals surface area (Å²) >= 11 is 0. The van der Waals surface area contributed by atoms with Gasteiger partial charge in [-0.2, -0.15) is 0 Å². The van der Waals surface area contributed by atoms with E-state index in [2.05, 4.69) is 151 Å². The molecule has 0 N–H and O–H groups in total. The van der Waals surface area contributed by atoms with E-state index < -0.39 is 0 Å². The van der Waals surface area contributed by atoms with Crippen LogP contribution in [0.5, 0.6) is 0 Å². The highest BCUT2D eigenvalue weighted by Gasteiger charge is 2.19. The summed E-state index contributed by atoms with van der Waals surface area (Å²) in [6.45, 7) is 2.24. The Morgan fingerprint density at radius 1 is 0.535 bits per heavy atom. The summed E-state index contributed by atoms with van der Waals surface area (Å²) in [4.78, 5) is 5.23. The molecule has 2 heteroatoms. The minimum absolute atomic E-state index is 0.960. The molecule has 0 unspecified atom stereocenters. The van der Waals surface area contributed by atoms with Crippen LogP contribution in [0.2, 0.25) is 0 Å². The van der Waals surface area contributed by atoms with Crippen molar-refractivity contribution < 1.29 is 0 Å². The SMILES string of the molecule is CCCCc1nc2cc(-c3c4ccccc4c(-c4ccc5ccccc5c4)c4ccccc34)ccc2n1-c1ccccc1. The Kier molecular flexibility index (Phi) is 6.26. The van der Waals surface area contributed by atoms with Crippen molar-refractivity contribution in [2.45, 2.75) is 26.2 Å². The smallest absolute Gasteiger partial charge is 0.114 e. The molecule has 0 fully saturated rings. The number of fused-ring (bicyclic) bond motifs is 4. The third-order valence-corrected chi connectivity index (χ3v) is 8.75. The fourth-order valence-electron chi connectivity index (χ4n) is 6.75. The van der Waals surface area contributed by atoms with Gasteiger partial charge in [-0.05, 0) is 91.3 Å². The molecule has 0 aliphatic heterocycles. The zero-order valence-electron chi connectivity index (χ0n) is 24.3. The third-order valence-electron chi connectivity index (χ3n) is 8.75. The van der Waals surface area contributed by atoms with E-state index in [4.69, 9.17) is 4.98 Å². The van der Waals surface area contributed by atoms with Gasteiger partial charge < -0.3 is 0 Å². The first-order chi connectivity index (χ1) is 21.3. The molecule has 0 aliphatic rings. The van der Waals surface area contributed by atoms with Crippen molar-refractivity contribution in [3.63, 3.8) is 0 Å². The Hall–Kier alpha value is -5.21. The molecule has 0 atom stereocenters. The van der Waals surface area contributed by atoms with Crippen LogP contribution in [-0.2, 0) is 6.42 Å². The molecule has 0 saturated carbocycles. The maximum Gasteiger partial charge on any atom is 0.114 e. The normalized spacial score (nSPS) is 11.7. The number of aryl methyl sites for hydroxylation is 1. The van der Waals surface area contributed by atoms with Gasteiger partial charge in [-0.15, -0.1) is 0 Å². The van der Waals surface area contributed by atoms with Crippen LogP contribution in [0.3, 0.4) is 0 Å². The molecule has 0 aliphatic carbocycles. The van der Waals surface area contributed by atoms with Crippen LogP contribution >= 0.6 is 0 Å². The lowest BCUT2D eigenvalue weighted by molar-refractivity contribution is 0.744. The molecule has 0 amide bonds. The Bertz CT molecular complexity index is 2220. The van der Waals surface area contributed by atoms with Gasteiger partial charge in [-0.3, -0.25) is 4.57 Å². The first-order valence-electron chi connectivity index (χ1n) is 15.3. The van der Waals surface area contributed by atoms with Crippen molar-refractivity contribution in [2.75, 3.05) is 0 Å². The van der Waals surface area contributed by atoms with Crippen LogP contribution in [-0.4, -0.2) is 9.55 Å². The van der Waals surface area contributed by atoms with Crippen molar-refractivity contribution >= 4 is 43.4 Å². The molecule has 206 valence electrons. The van der Waals surface area contributed by atoms with Crippen LogP contribution in [0, 0.1) is 0 Å². The van der Waals surface area contributed by atoms with Gasteiger partial charge in [0, 0.05) is 12.1 Å². The first-order valence-corrected chi connectivity index (χ1v) is 15.3. The predicted octanol–water partition coefficient (Wildman–Crippen LogP) is 11.2. The van der Waals surface area contributed by atoms with Crippen LogP contribution in [0.4, 0.5) is 0 Å². The van der Waals surface area contributed by atoms with Crippen molar-refractivity contribution in [2.24, 2.45) is 0 Å². The topological polar surface area (TPSA) is 17.8 Å². The molecule has 8 aromatic rings. The predicted molar refractivity (Wildman–Crippen MR) is 183 cm³/mol. The number of para-hydroxylation sites is 1. The zero-order valence-corrected chi connectivity index (χ0v) is 24.3. The van der Waals surface area contributed by atoms with Crippen LogP contribution < -0.4 is 0 Å². The van der Waals surface area contributed by atoms with Gasteiger partial charge in [0.1, 0.15) is 5.82 Å². The Morgan fingerprint density at radius 3 is 1.74 bits per heavy atom. The molecule has 7 aromatic carbocycles. The standard InChI is InChI=1S/C41H32N2/c1-2-3-21-39-42-37-27-31(24-25-38(37)43(39)32-15-5-4-6-16-32)41-35-19-11-9-17-33(35)40(34-18-10-12-20-36(34)41)30-23-22-28-13-7-8-14-29(28)26-30/h4-20,22-27H,2-3,21H2,1H3. The lowest BCUT2D eigenvalue weighted by atomic mass is 9.85. The van der Waals surface area contributed by atoms with Gasteiger partial charge >= 0.3 is 0 Å². The van der Waals surface area contributed by atoms with E-state index in [1.165, 1.54) is 60.3 Å². The Morgan fingerprint density at radius 2 is 1.09 bits per heavy atom. The number of hydrogen-bond acceptors (Lipinski definition) is 1. The van der Waals surface area contributed by atoms with Crippen molar-refractivity contribution in [1.29, 1.82) is 0 Å². The second kappa shape index (κ2) is 10.6. The van der Waals surface area contributed by atoms with Gasteiger partial charge in [-0.25, -0.2) is 4.98 Å². The number of unbranched alkanes of at least 4 members (excludes halogenated alkanes) is 1. The van der Waals surface area contributed by atoms with E-state index >= 15 is 0 Å². The van der Waals surface area contributed by atoms with Gasteiger partial charge in [0.05, 0.1) is 11.0 Å². The van der Waals surface area contributed by atoms with Gasteiger partial charge in [0.25, 0.3) is 0 Å². The molecule has 8 rings (SSSR count). The monoisotopic (exact) mass is 552 g/mol. The fourth-order valence-corrected chi connectivity index (χ4v) is 6.75. The number of imidazole rings is 1. The molecule has 1 aromatic heterocycles. The van der Waals surface area contributed by atoms with Gasteiger partial charge in [0.15, 0.2) is 0 Å². The molecule has 0 spiro atoms. The summed E-state index contributed by atoms with van der Waals surface area (Å²) in [7, 11) is 0. The largest absolute Gasteiger partial charge is 0.296 e. The third kappa shape index (κ3) is 4.30. The number of aromatic nitrogens is 2. The number of nitrogens with zero attached hydrogens (tertiary/aromatic N) is 2. The molecule has 43 heavy (non-hydrogen) atoms. The Balaban J connectivity index is 1.39. The highest BCUT2D eigenvalue weighted by atomic mass is 15.1. The van der Waals surface area contributed by atoms with Gasteiger partial charge in [0.2, 0.25) is 0 Å². The summed E-state index contributed by atoms with van der Waals surface area (Å²) in [6, 6.07) is 50.7. The summed E-state index contributed by atoms with van der Waals surface area (Å²) in [5.74, 6) is 1.13. The fraction of sp³-hybridized carbons (Fsp3) is 0.0976. The molecule has 0 radical (unpaired) electrons. The second-order valence-electron chi connectivity index (χ2n) is 11.4. The number of hydrogen-bond donors (Lipinski definition) is 0. The summed E-state index contributed by atoms with van der Waals surface area (Å²) in [6.07, 6.45) is 3.22. The van der Waals surface area contributed by atoms with Crippen LogP contribution in [0.15, 0.2) is 140 Å². The quantitative estimate of drug-likeness (QED) is 0.188. The van der Waals surface area contributed by atoms with Crippen molar-refractivity contribution in [3.8, 4) is 27.9 Å². The molecule has 0 bridgehead atoms. The average Bonchev–Trinajstić information content (AvgIpc) is 3.43. The van der Waals surface area contributed by atoms with E-state index in [1.807, 2.05) is 0 Å². The molecule has 2 nitrogen and oxygen atoms in total. The number of rotatable bonds is 6. The van der Waals surface area contributed by atoms with E-state index in [-0.39, 0.29) is 0 Å².